The number of rotatable bonds is 1. The number of hydrogen-bond acceptors (Lipinski definition) is 0. The van der Waals surface area contributed by atoms with E-state index in [-0.39, 0.29) is 0 Å². The van der Waals surface area contributed by atoms with Crippen LogP contribution in [0, 0.1) is 16.7 Å². The lowest BCUT2D eigenvalue weighted by Crippen LogP contribution is -1.88. The quantitative estimate of drug-likeness (QED) is 0.553. The molecule has 9 heavy (non-hydrogen) atoms. The molecule has 0 radical (unpaired) electrons. The summed E-state index contributed by atoms with van der Waals surface area (Å²) in [7, 11) is 0. The Hall–Kier alpha value is 0.0400. The summed E-state index contributed by atoms with van der Waals surface area (Å²) in [5.74, 6) is 3.97. The van der Waals surface area contributed by atoms with E-state index in [2.05, 4.69) is 26.7 Å². The van der Waals surface area contributed by atoms with E-state index in [1.54, 1.807) is 0 Å². The van der Waals surface area contributed by atoms with Crippen LogP contribution in [0.4, 0.5) is 0 Å². The zero-order valence-electron chi connectivity index (χ0n) is 5.49. The Balaban J connectivity index is 2.16. The van der Waals surface area contributed by atoms with Gasteiger partial charge in [-0.25, -0.2) is 0 Å². The normalized spacial score (nSPS) is 19.2. The van der Waals surface area contributed by atoms with Crippen LogP contribution in [0.15, 0.2) is 0 Å². The molecule has 0 unspecified atom stereocenters. The maximum absolute atomic E-state index is 3.10. The third-order valence-corrected chi connectivity index (χ3v) is 2.21. The predicted octanol–water partition coefficient (Wildman–Crippen LogP) is 2.92. The average molecular weight is 187 g/mol. The third kappa shape index (κ3) is 2.41. The third-order valence-electron chi connectivity index (χ3n) is 1.93. The van der Waals surface area contributed by atoms with Crippen molar-refractivity contribution in [2.45, 2.75) is 32.1 Å². The SMILES string of the molecule is BrC#CCC1CCCC1. The minimum absolute atomic E-state index is 0.912. The lowest BCUT2D eigenvalue weighted by molar-refractivity contribution is 0.567. The van der Waals surface area contributed by atoms with Crippen LogP contribution in [0.2, 0.25) is 0 Å². The van der Waals surface area contributed by atoms with Gasteiger partial charge in [-0.2, -0.15) is 0 Å². The van der Waals surface area contributed by atoms with Crippen LogP contribution < -0.4 is 0 Å². The summed E-state index contributed by atoms with van der Waals surface area (Å²) < 4.78 is 0. The van der Waals surface area contributed by atoms with Crippen molar-refractivity contribution in [2.75, 3.05) is 0 Å². The standard InChI is InChI=1S/C8H11Br/c9-7-3-6-8-4-1-2-5-8/h8H,1-2,4-6H2. The van der Waals surface area contributed by atoms with Gasteiger partial charge in [0.15, 0.2) is 0 Å². The van der Waals surface area contributed by atoms with Gasteiger partial charge in [0.05, 0.1) is 0 Å². The van der Waals surface area contributed by atoms with Gasteiger partial charge in [0.2, 0.25) is 0 Å². The second kappa shape index (κ2) is 3.95. The van der Waals surface area contributed by atoms with Crippen molar-refractivity contribution in [2.24, 2.45) is 5.92 Å². The Morgan fingerprint density at radius 2 is 2.00 bits per heavy atom. The van der Waals surface area contributed by atoms with E-state index in [1.165, 1.54) is 25.7 Å². The van der Waals surface area contributed by atoms with E-state index in [4.69, 9.17) is 0 Å². The van der Waals surface area contributed by atoms with Crippen molar-refractivity contribution >= 4 is 15.9 Å². The maximum atomic E-state index is 3.10. The predicted molar refractivity (Wildman–Crippen MR) is 43.3 cm³/mol. The molecular formula is C8H11Br. The summed E-state index contributed by atoms with van der Waals surface area (Å²) in [4.78, 5) is 2.76. The Labute approximate surface area is 65.2 Å². The van der Waals surface area contributed by atoms with Crippen LogP contribution in [0.3, 0.4) is 0 Å². The summed E-state index contributed by atoms with van der Waals surface area (Å²) in [6.45, 7) is 0. The summed E-state index contributed by atoms with van der Waals surface area (Å²) in [5, 5.41) is 0. The molecule has 0 amide bonds. The Bertz CT molecular complexity index is 123. The first-order chi connectivity index (χ1) is 4.43. The molecule has 1 aliphatic carbocycles. The highest BCUT2D eigenvalue weighted by atomic mass is 79.9. The molecule has 1 heteroatoms. The van der Waals surface area contributed by atoms with Crippen LogP contribution in [-0.2, 0) is 0 Å². The van der Waals surface area contributed by atoms with Gasteiger partial charge in [-0.15, -0.1) is 0 Å². The molecule has 0 bridgehead atoms. The molecule has 0 aromatic rings. The van der Waals surface area contributed by atoms with Gasteiger partial charge < -0.3 is 0 Å². The first-order valence-electron chi connectivity index (χ1n) is 3.52. The fourth-order valence-electron chi connectivity index (χ4n) is 1.40. The van der Waals surface area contributed by atoms with Crippen molar-refractivity contribution in [3.05, 3.63) is 0 Å². The summed E-state index contributed by atoms with van der Waals surface area (Å²) in [5.41, 5.74) is 0. The first kappa shape index (κ1) is 7.15. The molecule has 50 valence electrons. The van der Waals surface area contributed by atoms with Crippen LogP contribution in [-0.4, -0.2) is 0 Å². The monoisotopic (exact) mass is 186 g/mol. The summed E-state index contributed by atoms with van der Waals surface area (Å²) >= 11 is 3.10. The highest BCUT2D eigenvalue weighted by Gasteiger charge is 2.12. The Kier molecular flexibility index (Phi) is 3.14. The summed E-state index contributed by atoms with van der Waals surface area (Å²) in [6, 6.07) is 0. The van der Waals surface area contributed by atoms with Crippen molar-refractivity contribution in [1.82, 2.24) is 0 Å². The molecule has 0 heterocycles. The van der Waals surface area contributed by atoms with E-state index in [0.717, 1.165) is 12.3 Å². The highest BCUT2D eigenvalue weighted by molar-refractivity contribution is 9.12. The van der Waals surface area contributed by atoms with E-state index < -0.39 is 0 Å². The minimum atomic E-state index is 0.912. The molecule has 1 aliphatic rings. The van der Waals surface area contributed by atoms with E-state index in [0.29, 0.717) is 0 Å². The van der Waals surface area contributed by atoms with Gasteiger partial charge >= 0.3 is 0 Å². The topological polar surface area (TPSA) is 0 Å². The molecule has 1 saturated carbocycles. The molecule has 1 fully saturated rings. The second-order valence-corrected chi connectivity index (χ2v) is 3.02. The largest absolute Gasteiger partial charge is 0.0905 e. The van der Waals surface area contributed by atoms with Crippen LogP contribution >= 0.6 is 15.9 Å². The fraction of sp³-hybridized carbons (Fsp3) is 0.750. The maximum Gasteiger partial charge on any atom is 0.0126 e. The molecule has 0 N–H and O–H groups in total. The van der Waals surface area contributed by atoms with Crippen LogP contribution in [0.25, 0.3) is 0 Å². The molecule has 1 rings (SSSR count). The first-order valence-corrected chi connectivity index (χ1v) is 4.31. The van der Waals surface area contributed by atoms with Crippen LogP contribution in [0.5, 0.6) is 0 Å². The molecule has 0 aliphatic heterocycles. The van der Waals surface area contributed by atoms with Gasteiger partial charge in [-0.1, -0.05) is 18.8 Å². The van der Waals surface area contributed by atoms with Crippen molar-refractivity contribution < 1.29 is 0 Å². The minimum Gasteiger partial charge on any atom is -0.0905 e. The lowest BCUT2D eigenvalue weighted by atomic mass is 10.1. The zero-order valence-corrected chi connectivity index (χ0v) is 7.08. The Morgan fingerprint density at radius 3 is 2.56 bits per heavy atom. The summed E-state index contributed by atoms with van der Waals surface area (Å²) in [6.07, 6.45) is 6.76. The van der Waals surface area contributed by atoms with Gasteiger partial charge in [0.1, 0.15) is 0 Å². The van der Waals surface area contributed by atoms with E-state index >= 15 is 0 Å². The molecular weight excluding hydrogens is 176 g/mol. The Morgan fingerprint density at radius 1 is 1.33 bits per heavy atom. The highest BCUT2D eigenvalue weighted by Crippen LogP contribution is 2.26. The zero-order chi connectivity index (χ0) is 6.53. The molecule has 0 spiro atoms. The van der Waals surface area contributed by atoms with E-state index in [1.807, 2.05) is 0 Å². The van der Waals surface area contributed by atoms with Crippen molar-refractivity contribution in [3.63, 3.8) is 0 Å². The fourth-order valence-corrected chi connectivity index (χ4v) is 1.56. The number of halogens is 1. The van der Waals surface area contributed by atoms with Crippen molar-refractivity contribution in [1.29, 1.82) is 0 Å². The van der Waals surface area contributed by atoms with Gasteiger partial charge in [-0.3, -0.25) is 0 Å². The molecule has 0 nitrogen and oxygen atoms in total. The smallest absolute Gasteiger partial charge is 0.0126 e. The van der Waals surface area contributed by atoms with Gasteiger partial charge in [-0.05, 0) is 23.6 Å². The second-order valence-electron chi connectivity index (χ2n) is 2.63. The van der Waals surface area contributed by atoms with Gasteiger partial charge in [0.25, 0.3) is 0 Å². The molecule has 0 aromatic heterocycles. The number of hydrogen-bond donors (Lipinski definition) is 0. The van der Waals surface area contributed by atoms with Crippen molar-refractivity contribution in [3.8, 4) is 10.8 Å². The lowest BCUT2D eigenvalue weighted by Gasteiger charge is -1.99. The van der Waals surface area contributed by atoms with Crippen LogP contribution in [0.1, 0.15) is 32.1 Å². The average Bonchev–Trinajstić information content (AvgIpc) is 2.34. The molecule has 0 atom stereocenters. The van der Waals surface area contributed by atoms with E-state index in [9.17, 15) is 0 Å². The van der Waals surface area contributed by atoms with Gasteiger partial charge in [0, 0.05) is 22.4 Å². The molecule has 0 saturated heterocycles. The molecule has 0 aromatic carbocycles.